The molecule has 0 aromatic heterocycles. The van der Waals surface area contributed by atoms with Crippen LogP contribution in [-0.2, 0) is 4.79 Å². The highest BCUT2D eigenvalue weighted by molar-refractivity contribution is 5.81. The quantitative estimate of drug-likeness (QED) is 0.588. The van der Waals surface area contributed by atoms with E-state index in [1.54, 1.807) is 11.8 Å². The monoisotopic (exact) mass is 216 g/mol. The van der Waals surface area contributed by atoms with Crippen LogP contribution in [0.5, 0.6) is 0 Å². The van der Waals surface area contributed by atoms with E-state index in [0.717, 1.165) is 12.8 Å². The number of carbonyl (C=O) groups excluding carboxylic acids is 1. The SMILES string of the molecule is CCCCCCN(CCO)C(=O)C(C)N. The number of rotatable bonds is 8. The molecule has 0 fully saturated rings. The van der Waals surface area contributed by atoms with Crippen molar-refractivity contribution in [2.45, 2.75) is 45.6 Å². The smallest absolute Gasteiger partial charge is 0.239 e. The van der Waals surface area contributed by atoms with Gasteiger partial charge in [-0.1, -0.05) is 26.2 Å². The van der Waals surface area contributed by atoms with E-state index >= 15 is 0 Å². The molecule has 4 heteroatoms. The van der Waals surface area contributed by atoms with Crippen LogP contribution in [0.3, 0.4) is 0 Å². The molecule has 1 unspecified atom stereocenters. The van der Waals surface area contributed by atoms with Crippen molar-refractivity contribution in [3.05, 3.63) is 0 Å². The molecular weight excluding hydrogens is 192 g/mol. The normalized spacial score (nSPS) is 12.5. The molecule has 0 aromatic rings. The predicted molar refractivity (Wildman–Crippen MR) is 61.5 cm³/mol. The molecule has 4 nitrogen and oxygen atoms in total. The topological polar surface area (TPSA) is 66.6 Å². The van der Waals surface area contributed by atoms with E-state index in [1.807, 2.05) is 0 Å². The van der Waals surface area contributed by atoms with E-state index in [-0.39, 0.29) is 12.5 Å². The Kier molecular flexibility index (Phi) is 8.33. The molecule has 0 radical (unpaired) electrons. The van der Waals surface area contributed by atoms with Gasteiger partial charge in [-0.2, -0.15) is 0 Å². The average Bonchev–Trinajstić information content (AvgIpc) is 2.21. The maximum atomic E-state index is 11.6. The summed E-state index contributed by atoms with van der Waals surface area (Å²) in [6.07, 6.45) is 4.50. The van der Waals surface area contributed by atoms with Crippen molar-refractivity contribution >= 4 is 5.91 Å². The van der Waals surface area contributed by atoms with Gasteiger partial charge in [0, 0.05) is 13.1 Å². The fraction of sp³-hybridized carbons (Fsp3) is 0.909. The molecule has 0 aromatic carbocycles. The van der Waals surface area contributed by atoms with E-state index in [1.165, 1.54) is 12.8 Å². The highest BCUT2D eigenvalue weighted by Gasteiger charge is 2.15. The summed E-state index contributed by atoms with van der Waals surface area (Å²) < 4.78 is 0. The van der Waals surface area contributed by atoms with E-state index in [9.17, 15) is 4.79 Å². The molecule has 0 aliphatic heterocycles. The van der Waals surface area contributed by atoms with Gasteiger partial charge in [0.15, 0.2) is 0 Å². The van der Waals surface area contributed by atoms with E-state index in [0.29, 0.717) is 13.1 Å². The predicted octanol–water partition coefficient (Wildman–Crippen LogP) is 0.735. The Morgan fingerprint density at radius 1 is 1.33 bits per heavy atom. The van der Waals surface area contributed by atoms with Crippen molar-refractivity contribution in [2.24, 2.45) is 5.73 Å². The molecular formula is C11H24N2O2. The number of nitrogens with zero attached hydrogens (tertiary/aromatic N) is 1. The molecule has 0 heterocycles. The number of aliphatic hydroxyl groups excluding tert-OH is 1. The summed E-state index contributed by atoms with van der Waals surface area (Å²) in [5.41, 5.74) is 5.52. The molecule has 0 aliphatic carbocycles. The first kappa shape index (κ1) is 14.4. The molecule has 15 heavy (non-hydrogen) atoms. The first-order valence-electron chi connectivity index (χ1n) is 5.78. The maximum absolute atomic E-state index is 11.6. The molecule has 0 spiro atoms. The summed E-state index contributed by atoms with van der Waals surface area (Å²) in [6, 6.07) is -0.470. The Morgan fingerprint density at radius 3 is 2.47 bits per heavy atom. The summed E-state index contributed by atoms with van der Waals surface area (Å²) in [6.45, 7) is 4.94. The second-order valence-electron chi connectivity index (χ2n) is 3.90. The lowest BCUT2D eigenvalue weighted by Crippen LogP contribution is -2.43. The van der Waals surface area contributed by atoms with Crippen LogP contribution < -0.4 is 5.73 Å². The van der Waals surface area contributed by atoms with Crippen LogP contribution in [0.15, 0.2) is 0 Å². The number of carbonyl (C=O) groups is 1. The second kappa shape index (κ2) is 8.68. The number of hydrogen-bond acceptors (Lipinski definition) is 3. The summed E-state index contributed by atoms with van der Waals surface area (Å²) in [7, 11) is 0. The standard InChI is InChI=1S/C11H24N2O2/c1-3-4-5-6-7-13(8-9-14)11(15)10(2)12/h10,14H,3-9,12H2,1-2H3. The van der Waals surface area contributed by atoms with Gasteiger partial charge < -0.3 is 15.7 Å². The Hall–Kier alpha value is -0.610. The van der Waals surface area contributed by atoms with E-state index < -0.39 is 6.04 Å². The zero-order valence-electron chi connectivity index (χ0n) is 9.91. The molecule has 0 saturated heterocycles. The van der Waals surface area contributed by atoms with Crippen molar-refractivity contribution in [3.8, 4) is 0 Å². The van der Waals surface area contributed by atoms with Crippen molar-refractivity contribution in [3.63, 3.8) is 0 Å². The summed E-state index contributed by atoms with van der Waals surface area (Å²) in [5, 5.41) is 8.84. The second-order valence-corrected chi connectivity index (χ2v) is 3.90. The number of hydrogen-bond donors (Lipinski definition) is 2. The minimum Gasteiger partial charge on any atom is -0.395 e. The average molecular weight is 216 g/mol. The van der Waals surface area contributed by atoms with Gasteiger partial charge in [0.1, 0.15) is 0 Å². The minimum atomic E-state index is -0.470. The van der Waals surface area contributed by atoms with E-state index in [2.05, 4.69) is 6.92 Å². The molecule has 3 N–H and O–H groups in total. The third-order valence-corrected chi connectivity index (χ3v) is 2.35. The summed E-state index contributed by atoms with van der Waals surface area (Å²) in [4.78, 5) is 13.2. The minimum absolute atomic E-state index is 0.00619. The lowest BCUT2D eigenvalue weighted by atomic mass is 10.2. The van der Waals surface area contributed by atoms with Gasteiger partial charge in [-0.15, -0.1) is 0 Å². The third-order valence-electron chi connectivity index (χ3n) is 2.35. The largest absolute Gasteiger partial charge is 0.395 e. The van der Waals surface area contributed by atoms with Gasteiger partial charge in [-0.05, 0) is 13.3 Å². The number of amides is 1. The molecule has 0 rings (SSSR count). The van der Waals surface area contributed by atoms with Gasteiger partial charge in [0.25, 0.3) is 0 Å². The van der Waals surface area contributed by atoms with Crippen molar-refractivity contribution in [1.29, 1.82) is 0 Å². The highest BCUT2D eigenvalue weighted by Crippen LogP contribution is 2.02. The van der Waals surface area contributed by atoms with Crippen LogP contribution in [0.25, 0.3) is 0 Å². The van der Waals surface area contributed by atoms with Crippen LogP contribution in [0.4, 0.5) is 0 Å². The molecule has 0 aliphatic rings. The molecule has 90 valence electrons. The summed E-state index contributed by atoms with van der Waals surface area (Å²) >= 11 is 0. The number of unbranched alkanes of at least 4 members (excludes halogenated alkanes) is 3. The van der Waals surface area contributed by atoms with Crippen molar-refractivity contribution < 1.29 is 9.90 Å². The van der Waals surface area contributed by atoms with Gasteiger partial charge in [-0.3, -0.25) is 4.79 Å². The molecule has 1 amide bonds. The van der Waals surface area contributed by atoms with Crippen LogP contribution in [0.1, 0.15) is 39.5 Å². The Morgan fingerprint density at radius 2 is 2.00 bits per heavy atom. The summed E-state index contributed by atoms with van der Waals surface area (Å²) in [5.74, 6) is -0.0689. The van der Waals surface area contributed by atoms with Crippen molar-refractivity contribution in [1.82, 2.24) is 4.90 Å². The van der Waals surface area contributed by atoms with Crippen molar-refractivity contribution in [2.75, 3.05) is 19.7 Å². The number of nitrogens with two attached hydrogens (primary N) is 1. The Bertz CT molecular complexity index is 172. The first-order chi connectivity index (χ1) is 7.13. The van der Waals surface area contributed by atoms with Gasteiger partial charge in [0.05, 0.1) is 12.6 Å². The highest BCUT2D eigenvalue weighted by atomic mass is 16.3. The van der Waals surface area contributed by atoms with Gasteiger partial charge in [0.2, 0.25) is 5.91 Å². The van der Waals surface area contributed by atoms with Gasteiger partial charge in [-0.25, -0.2) is 0 Å². The number of aliphatic hydroxyl groups is 1. The lowest BCUT2D eigenvalue weighted by molar-refractivity contribution is -0.132. The zero-order valence-corrected chi connectivity index (χ0v) is 9.91. The Balaban J connectivity index is 3.87. The third kappa shape index (κ3) is 6.47. The van der Waals surface area contributed by atoms with Crippen LogP contribution in [-0.4, -0.2) is 41.7 Å². The first-order valence-corrected chi connectivity index (χ1v) is 5.78. The molecule has 0 saturated carbocycles. The molecule has 0 bridgehead atoms. The Labute approximate surface area is 92.4 Å². The maximum Gasteiger partial charge on any atom is 0.239 e. The van der Waals surface area contributed by atoms with E-state index in [4.69, 9.17) is 10.8 Å². The van der Waals surface area contributed by atoms with Crippen LogP contribution in [0, 0.1) is 0 Å². The lowest BCUT2D eigenvalue weighted by Gasteiger charge is -2.23. The molecule has 1 atom stereocenters. The van der Waals surface area contributed by atoms with Crippen LogP contribution >= 0.6 is 0 Å². The van der Waals surface area contributed by atoms with Gasteiger partial charge >= 0.3 is 0 Å². The zero-order chi connectivity index (χ0) is 11.7. The fourth-order valence-corrected chi connectivity index (χ4v) is 1.47. The van der Waals surface area contributed by atoms with Crippen LogP contribution in [0.2, 0.25) is 0 Å². The fourth-order valence-electron chi connectivity index (χ4n) is 1.47.